The van der Waals surface area contributed by atoms with Gasteiger partial charge in [-0.15, -0.1) is 0 Å². The Morgan fingerprint density at radius 2 is 1.92 bits per heavy atom. The molecule has 4 heterocycles. The van der Waals surface area contributed by atoms with Gasteiger partial charge in [0.05, 0.1) is 18.2 Å². The fourth-order valence-corrected chi connectivity index (χ4v) is 4.34. The molecule has 3 fully saturated rings. The van der Waals surface area contributed by atoms with Crippen LogP contribution in [0.1, 0.15) is 35.4 Å². The minimum Gasteiger partial charge on any atom is -0.361 e. The predicted molar refractivity (Wildman–Crippen MR) is 99.8 cm³/mol. The molecular weight excluding hydrogens is 350 g/mol. The fraction of sp³-hybridized carbons (Fsp3) is 0.500. The van der Waals surface area contributed by atoms with Gasteiger partial charge in [0, 0.05) is 36.3 Å². The highest BCUT2D eigenvalue weighted by atomic mass is 35.5. The molecule has 6 heteroatoms. The van der Waals surface area contributed by atoms with Crippen LogP contribution in [0.2, 0.25) is 5.02 Å². The number of fused-ring (bicyclic) bond motifs is 4. The van der Waals surface area contributed by atoms with Gasteiger partial charge >= 0.3 is 0 Å². The Hall–Kier alpha value is -1.85. The second-order valence-corrected chi connectivity index (χ2v) is 7.95. The maximum Gasteiger partial charge on any atom is 0.227 e. The molecule has 5 nitrogen and oxygen atoms in total. The minimum absolute atomic E-state index is 0.0847. The fourth-order valence-electron chi connectivity index (χ4n) is 4.21. The topological polar surface area (TPSA) is 49.6 Å². The molecular formula is C20H24ClN3O2. The van der Waals surface area contributed by atoms with Gasteiger partial charge < -0.3 is 9.42 Å². The molecule has 0 N–H and O–H groups in total. The Bertz CT molecular complexity index is 782. The molecule has 2 atom stereocenters. The van der Waals surface area contributed by atoms with Crippen molar-refractivity contribution in [2.75, 3.05) is 13.1 Å². The number of benzene rings is 1. The van der Waals surface area contributed by atoms with E-state index in [1.54, 1.807) is 0 Å². The summed E-state index contributed by atoms with van der Waals surface area (Å²) >= 11 is 5.99. The normalized spacial score (nSPS) is 23.5. The Labute approximate surface area is 158 Å². The average Bonchev–Trinajstić information content (AvgIpc) is 2.78. The number of nitrogens with zero attached hydrogens (tertiary/aromatic N) is 3. The highest BCUT2D eigenvalue weighted by Crippen LogP contribution is 2.32. The summed E-state index contributed by atoms with van der Waals surface area (Å²) in [5.74, 6) is 1.18. The van der Waals surface area contributed by atoms with Gasteiger partial charge in [-0.25, -0.2) is 0 Å². The predicted octanol–water partition coefficient (Wildman–Crippen LogP) is 3.57. The molecule has 5 rings (SSSR count). The van der Waals surface area contributed by atoms with Gasteiger partial charge in [0.25, 0.3) is 0 Å². The summed E-state index contributed by atoms with van der Waals surface area (Å²) in [6.07, 6.45) is 2.05. The zero-order valence-electron chi connectivity index (χ0n) is 15.2. The van der Waals surface area contributed by atoms with Crippen LogP contribution in [0, 0.1) is 19.8 Å². The zero-order valence-corrected chi connectivity index (χ0v) is 16.0. The average molecular weight is 374 g/mol. The van der Waals surface area contributed by atoms with Crippen LogP contribution in [0.5, 0.6) is 0 Å². The van der Waals surface area contributed by atoms with Crippen LogP contribution >= 0.6 is 11.6 Å². The highest BCUT2D eigenvalue weighted by Gasteiger charge is 2.41. The van der Waals surface area contributed by atoms with E-state index in [0.717, 1.165) is 54.5 Å². The van der Waals surface area contributed by atoms with Crippen molar-refractivity contribution in [3.8, 4) is 0 Å². The largest absolute Gasteiger partial charge is 0.361 e. The maximum absolute atomic E-state index is 13.0. The van der Waals surface area contributed by atoms with Gasteiger partial charge in [0.15, 0.2) is 0 Å². The van der Waals surface area contributed by atoms with Crippen LogP contribution in [-0.4, -0.2) is 40.0 Å². The molecule has 0 radical (unpaired) electrons. The molecule has 0 unspecified atom stereocenters. The molecule has 2 bridgehead atoms. The van der Waals surface area contributed by atoms with Gasteiger partial charge in [-0.2, -0.15) is 0 Å². The minimum atomic E-state index is 0.0847. The molecule has 1 aromatic carbocycles. The smallest absolute Gasteiger partial charge is 0.227 e. The number of carbonyl (C=O) groups is 1. The monoisotopic (exact) mass is 373 g/mol. The summed E-state index contributed by atoms with van der Waals surface area (Å²) in [6.45, 7) is 7.07. The first kappa shape index (κ1) is 17.6. The quantitative estimate of drug-likeness (QED) is 0.822. The SMILES string of the molecule is Cc1noc(C)c1CN1C(=O)[C@@H]2CC[C@H]1CN(Cc1ccc(Cl)cc1)C2. The number of hydrogen-bond donors (Lipinski definition) is 0. The lowest BCUT2D eigenvalue weighted by molar-refractivity contribution is -0.140. The molecule has 26 heavy (non-hydrogen) atoms. The second kappa shape index (κ2) is 7.05. The Morgan fingerprint density at radius 1 is 1.15 bits per heavy atom. The van der Waals surface area contributed by atoms with Crippen LogP contribution in [0.3, 0.4) is 0 Å². The second-order valence-electron chi connectivity index (χ2n) is 7.52. The maximum atomic E-state index is 13.0. The van der Waals surface area contributed by atoms with Gasteiger partial charge in [-0.1, -0.05) is 28.9 Å². The lowest BCUT2D eigenvalue weighted by Gasteiger charge is -2.36. The number of amides is 1. The number of aromatic nitrogens is 1. The van der Waals surface area contributed by atoms with E-state index in [4.69, 9.17) is 16.1 Å². The molecule has 0 saturated carbocycles. The summed E-state index contributed by atoms with van der Waals surface area (Å²) in [5, 5.41) is 4.79. The standard InChI is InChI=1S/C20H24ClN3O2/c1-13-19(14(2)26-22-13)12-24-18-8-5-16(20(24)25)10-23(11-18)9-15-3-6-17(21)7-4-15/h3-4,6-7,16,18H,5,8-12H2,1-2H3/t16-,18+/m1/s1. The van der Waals surface area contributed by atoms with Crippen molar-refractivity contribution in [3.05, 3.63) is 51.9 Å². The van der Waals surface area contributed by atoms with Crippen LogP contribution in [0.4, 0.5) is 0 Å². The van der Waals surface area contributed by atoms with Crippen LogP contribution in [-0.2, 0) is 17.9 Å². The van der Waals surface area contributed by atoms with Crippen molar-refractivity contribution < 1.29 is 9.32 Å². The van der Waals surface area contributed by atoms with Crippen LogP contribution in [0.25, 0.3) is 0 Å². The zero-order chi connectivity index (χ0) is 18.3. The Kier molecular flexibility index (Phi) is 4.76. The van der Waals surface area contributed by atoms with E-state index in [2.05, 4.69) is 27.1 Å². The van der Waals surface area contributed by atoms with E-state index in [1.165, 1.54) is 5.56 Å². The van der Waals surface area contributed by atoms with E-state index in [9.17, 15) is 4.79 Å². The van der Waals surface area contributed by atoms with Gasteiger partial charge in [-0.3, -0.25) is 9.69 Å². The van der Waals surface area contributed by atoms with Crippen molar-refractivity contribution in [1.82, 2.24) is 15.0 Å². The van der Waals surface area contributed by atoms with Gasteiger partial charge in [0.1, 0.15) is 5.76 Å². The lowest BCUT2D eigenvalue weighted by Crippen LogP contribution is -2.47. The summed E-state index contributed by atoms with van der Waals surface area (Å²) < 4.78 is 5.28. The third kappa shape index (κ3) is 3.38. The molecule has 0 spiro atoms. The van der Waals surface area contributed by atoms with Gasteiger partial charge in [0.2, 0.25) is 5.91 Å². The summed E-state index contributed by atoms with van der Waals surface area (Å²) in [4.78, 5) is 17.5. The van der Waals surface area contributed by atoms with Crippen molar-refractivity contribution in [2.24, 2.45) is 5.92 Å². The Balaban J connectivity index is 1.51. The highest BCUT2D eigenvalue weighted by molar-refractivity contribution is 6.30. The molecule has 3 aliphatic heterocycles. The summed E-state index contributed by atoms with van der Waals surface area (Å²) in [6, 6.07) is 8.25. The van der Waals surface area contributed by atoms with Crippen molar-refractivity contribution >= 4 is 17.5 Å². The first-order chi connectivity index (χ1) is 12.5. The number of hydrogen-bond acceptors (Lipinski definition) is 4. The third-order valence-electron chi connectivity index (χ3n) is 5.70. The van der Waals surface area contributed by atoms with E-state index < -0.39 is 0 Å². The molecule has 138 valence electrons. The molecule has 1 amide bonds. The molecule has 3 saturated heterocycles. The van der Waals surface area contributed by atoms with E-state index in [0.29, 0.717) is 6.54 Å². The van der Waals surface area contributed by atoms with Gasteiger partial charge in [-0.05, 0) is 44.4 Å². The van der Waals surface area contributed by atoms with E-state index in [1.807, 2.05) is 26.0 Å². The van der Waals surface area contributed by atoms with E-state index >= 15 is 0 Å². The van der Waals surface area contributed by atoms with Crippen molar-refractivity contribution in [2.45, 2.75) is 45.8 Å². The molecule has 3 aliphatic rings. The first-order valence-electron chi connectivity index (χ1n) is 9.20. The Morgan fingerprint density at radius 3 is 2.62 bits per heavy atom. The first-order valence-corrected chi connectivity index (χ1v) is 9.58. The number of rotatable bonds is 4. The van der Waals surface area contributed by atoms with Crippen LogP contribution in [0.15, 0.2) is 28.8 Å². The molecule has 0 aliphatic carbocycles. The number of piperidine rings is 1. The third-order valence-corrected chi connectivity index (χ3v) is 5.95. The number of carbonyl (C=O) groups excluding carboxylic acids is 1. The number of halogens is 1. The van der Waals surface area contributed by atoms with Crippen molar-refractivity contribution in [3.63, 3.8) is 0 Å². The van der Waals surface area contributed by atoms with E-state index in [-0.39, 0.29) is 17.9 Å². The van der Waals surface area contributed by atoms with Crippen molar-refractivity contribution in [1.29, 1.82) is 0 Å². The number of aryl methyl sites for hydroxylation is 2. The van der Waals surface area contributed by atoms with Crippen LogP contribution < -0.4 is 0 Å². The molecule has 2 aromatic rings. The summed E-state index contributed by atoms with van der Waals surface area (Å²) in [7, 11) is 0. The lowest BCUT2D eigenvalue weighted by atomic mass is 9.93. The summed E-state index contributed by atoms with van der Waals surface area (Å²) in [5.41, 5.74) is 3.17. The molecule has 1 aromatic heterocycles.